The van der Waals surface area contributed by atoms with Crippen molar-refractivity contribution in [2.75, 3.05) is 14.2 Å². The molecule has 0 aliphatic heterocycles. The number of sulfonamides is 1. The lowest BCUT2D eigenvalue weighted by molar-refractivity contribution is 0.355. The molecular weight excluding hydrogens is 302 g/mol. The fourth-order valence-electron chi connectivity index (χ4n) is 1.83. The van der Waals surface area contributed by atoms with E-state index in [2.05, 4.69) is 4.40 Å². The van der Waals surface area contributed by atoms with Gasteiger partial charge in [-0.25, -0.2) is 0 Å². The van der Waals surface area contributed by atoms with Gasteiger partial charge in [-0.1, -0.05) is 17.7 Å². The molecule has 2 aromatic rings. The molecule has 116 valence electrons. The van der Waals surface area contributed by atoms with Gasteiger partial charge in [-0.2, -0.15) is 12.8 Å². The van der Waals surface area contributed by atoms with Gasteiger partial charge >= 0.3 is 0 Å². The highest BCUT2D eigenvalue weighted by Crippen LogP contribution is 2.27. The van der Waals surface area contributed by atoms with Crippen molar-refractivity contribution < 1.29 is 17.9 Å². The first kappa shape index (κ1) is 16.0. The van der Waals surface area contributed by atoms with Crippen molar-refractivity contribution in [1.29, 1.82) is 0 Å². The van der Waals surface area contributed by atoms with Crippen LogP contribution in [0, 0.1) is 6.92 Å². The monoisotopic (exact) mass is 319 g/mol. The van der Waals surface area contributed by atoms with E-state index in [-0.39, 0.29) is 4.90 Å². The Labute approximate surface area is 130 Å². The second kappa shape index (κ2) is 6.62. The molecule has 0 spiro atoms. The van der Waals surface area contributed by atoms with Crippen molar-refractivity contribution in [3.8, 4) is 11.5 Å². The standard InChI is InChI=1S/C16H17NO4S/c1-12-4-7-14(8-5-12)22(18,19)17-11-13-6-9-15(20-2)16(10-13)21-3/h4-11H,1-3H3/b17-11-. The zero-order valence-electron chi connectivity index (χ0n) is 12.6. The van der Waals surface area contributed by atoms with E-state index < -0.39 is 10.0 Å². The summed E-state index contributed by atoms with van der Waals surface area (Å²) in [5.41, 5.74) is 1.59. The molecule has 0 radical (unpaired) electrons. The minimum Gasteiger partial charge on any atom is -0.493 e. The normalized spacial score (nSPS) is 11.6. The lowest BCUT2D eigenvalue weighted by Gasteiger charge is -2.07. The number of aryl methyl sites for hydroxylation is 1. The predicted molar refractivity (Wildman–Crippen MR) is 85.5 cm³/mol. The van der Waals surface area contributed by atoms with Crippen LogP contribution in [0.1, 0.15) is 11.1 Å². The van der Waals surface area contributed by atoms with Crippen molar-refractivity contribution in [1.82, 2.24) is 0 Å². The first-order chi connectivity index (χ1) is 10.5. The van der Waals surface area contributed by atoms with Gasteiger partial charge in [0.2, 0.25) is 0 Å². The van der Waals surface area contributed by atoms with Crippen molar-refractivity contribution in [2.24, 2.45) is 4.40 Å². The van der Waals surface area contributed by atoms with Crippen LogP contribution >= 0.6 is 0 Å². The number of nitrogens with zero attached hydrogens (tertiary/aromatic N) is 1. The van der Waals surface area contributed by atoms with E-state index in [0.717, 1.165) is 5.56 Å². The molecule has 0 saturated heterocycles. The molecule has 22 heavy (non-hydrogen) atoms. The molecule has 0 aromatic heterocycles. The number of ether oxygens (including phenoxy) is 2. The average Bonchev–Trinajstić information content (AvgIpc) is 2.53. The predicted octanol–water partition coefficient (Wildman–Crippen LogP) is 2.82. The van der Waals surface area contributed by atoms with Crippen molar-refractivity contribution in [2.45, 2.75) is 11.8 Å². The topological polar surface area (TPSA) is 65.0 Å². The van der Waals surface area contributed by atoms with Crippen molar-refractivity contribution in [3.05, 3.63) is 53.6 Å². The van der Waals surface area contributed by atoms with Gasteiger partial charge in [-0.3, -0.25) is 0 Å². The summed E-state index contributed by atoms with van der Waals surface area (Å²) >= 11 is 0. The van der Waals surface area contributed by atoms with E-state index in [4.69, 9.17) is 9.47 Å². The van der Waals surface area contributed by atoms with Crippen LogP contribution in [-0.4, -0.2) is 28.9 Å². The minimum atomic E-state index is -3.71. The molecule has 0 fully saturated rings. The van der Waals surface area contributed by atoms with Gasteiger partial charge in [-0.05, 0) is 42.8 Å². The molecule has 0 amide bonds. The molecular formula is C16H17NO4S. The van der Waals surface area contributed by atoms with Crippen LogP contribution in [0.15, 0.2) is 51.8 Å². The summed E-state index contributed by atoms with van der Waals surface area (Å²) < 4.78 is 38.3. The number of benzene rings is 2. The zero-order valence-corrected chi connectivity index (χ0v) is 13.4. The van der Waals surface area contributed by atoms with Gasteiger partial charge in [-0.15, -0.1) is 0 Å². The van der Waals surface area contributed by atoms with E-state index in [1.54, 1.807) is 30.3 Å². The maximum Gasteiger partial charge on any atom is 0.282 e. The SMILES string of the molecule is COc1ccc(/C=N\S(=O)(=O)c2ccc(C)cc2)cc1OC. The summed E-state index contributed by atoms with van der Waals surface area (Å²) in [4.78, 5) is 0.162. The molecule has 2 aromatic carbocycles. The first-order valence-electron chi connectivity index (χ1n) is 6.55. The smallest absolute Gasteiger partial charge is 0.282 e. The fraction of sp³-hybridized carbons (Fsp3) is 0.188. The van der Waals surface area contributed by atoms with Gasteiger partial charge in [0.15, 0.2) is 11.5 Å². The lowest BCUT2D eigenvalue weighted by atomic mass is 10.2. The fourth-order valence-corrected chi connectivity index (χ4v) is 2.70. The number of hydrogen-bond acceptors (Lipinski definition) is 4. The van der Waals surface area contributed by atoms with E-state index in [9.17, 15) is 8.42 Å². The molecule has 0 heterocycles. The Morgan fingerprint density at radius 1 is 0.955 bits per heavy atom. The highest BCUT2D eigenvalue weighted by molar-refractivity contribution is 7.90. The van der Waals surface area contributed by atoms with Crippen LogP contribution in [0.3, 0.4) is 0 Å². The molecule has 0 atom stereocenters. The van der Waals surface area contributed by atoms with E-state index >= 15 is 0 Å². The second-order valence-electron chi connectivity index (χ2n) is 4.64. The van der Waals surface area contributed by atoms with Crippen LogP contribution < -0.4 is 9.47 Å². The summed E-state index contributed by atoms with van der Waals surface area (Å²) in [7, 11) is -0.662. The van der Waals surface area contributed by atoms with Crippen LogP contribution in [-0.2, 0) is 10.0 Å². The van der Waals surface area contributed by atoms with E-state index in [0.29, 0.717) is 17.1 Å². The third kappa shape index (κ3) is 3.65. The van der Waals surface area contributed by atoms with Gasteiger partial charge in [0.05, 0.1) is 19.1 Å². The summed E-state index contributed by atoms with van der Waals surface area (Å²) in [6.07, 6.45) is 1.29. The maximum absolute atomic E-state index is 12.1. The molecule has 5 nitrogen and oxygen atoms in total. The molecule has 0 bridgehead atoms. The lowest BCUT2D eigenvalue weighted by Crippen LogP contribution is -1.98. The minimum absolute atomic E-state index is 0.162. The number of rotatable bonds is 5. The number of methoxy groups -OCH3 is 2. The summed E-state index contributed by atoms with van der Waals surface area (Å²) in [5, 5.41) is 0. The third-order valence-electron chi connectivity index (χ3n) is 3.07. The Kier molecular flexibility index (Phi) is 4.82. The van der Waals surface area contributed by atoms with E-state index in [1.807, 2.05) is 6.92 Å². The van der Waals surface area contributed by atoms with Crippen LogP contribution in [0.2, 0.25) is 0 Å². The van der Waals surface area contributed by atoms with Crippen LogP contribution in [0.5, 0.6) is 11.5 Å². The number of hydrogen-bond donors (Lipinski definition) is 0. The molecule has 6 heteroatoms. The first-order valence-corrected chi connectivity index (χ1v) is 7.99. The molecule has 0 N–H and O–H groups in total. The summed E-state index contributed by atoms with van der Waals surface area (Å²) in [5.74, 6) is 1.08. The average molecular weight is 319 g/mol. The van der Waals surface area contributed by atoms with Gasteiger partial charge < -0.3 is 9.47 Å². The van der Waals surface area contributed by atoms with Crippen LogP contribution in [0.4, 0.5) is 0 Å². The summed E-state index contributed by atoms with van der Waals surface area (Å²) in [6.45, 7) is 1.89. The highest BCUT2D eigenvalue weighted by Gasteiger charge is 2.11. The highest BCUT2D eigenvalue weighted by atomic mass is 32.2. The Bertz CT molecular complexity index is 780. The molecule has 0 aliphatic carbocycles. The molecule has 0 unspecified atom stereocenters. The zero-order chi connectivity index (χ0) is 16.2. The molecule has 2 rings (SSSR count). The third-order valence-corrected chi connectivity index (χ3v) is 4.32. The van der Waals surface area contributed by atoms with Gasteiger partial charge in [0, 0.05) is 6.21 Å². The largest absolute Gasteiger partial charge is 0.493 e. The second-order valence-corrected chi connectivity index (χ2v) is 6.27. The quantitative estimate of drug-likeness (QED) is 0.795. The Hall–Kier alpha value is -2.34. The molecule has 0 aliphatic rings. The van der Waals surface area contributed by atoms with E-state index in [1.165, 1.54) is 32.6 Å². The molecule has 0 saturated carbocycles. The van der Waals surface area contributed by atoms with Crippen LogP contribution in [0.25, 0.3) is 0 Å². The Morgan fingerprint density at radius 2 is 1.59 bits per heavy atom. The maximum atomic E-state index is 12.1. The van der Waals surface area contributed by atoms with Crippen molar-refractivity contribution >= 4 is 16.2 Å². The van der Waals surface area contributed by atoms with Crippen molar-refractivity contribution in [3.63, 3.8) is 0 Å². The van der Waals surface area contributed by atoms with Gasteiger partial charge in [0.25, 0.3) is 10.0 Å². The van der Waals surface area contributed by atoms with Gasteiger partial charge in [0.1, 0.15) is 0 Å². The Morgan fingerprint density at radius 3 is 2.18 bits per heavy atom. The summed E-state index contributed by atoms with van der Waals surface area (Å²) in [6, 6.07) is 11.6. The Balaban J connectivity index is 2.29.